The zero-order chi connectivity index (χ0) is 19.5. The van der Waals surface area contributed by atoms with Crippen LogP contribution in [0, 0.1) is 13.8 Å². The Labute approximate surface area is 155 Å². The fraction of sp³-hybridized carbons (Fsp3) is 0.421. The van der Waals surface area contributed by atoms with E-state index in [0.717, 1.165) is 5.76 Å². The van der Waals surface area contributed by atoms with Gasteiger partial charge in [-0.05, 0) is 43.7 Å². The smallest absolute Gasteiger partial charge is 0.254 e. The van der Waals surface area contributed by atoms with E-state index in [-0.39, 0.29) is 10.8 Å². The third-order valence-electron chi connectivity index (χ3n) is 4.29. The van der Waals surface area contributed by atoms with Crippen LogP contribution in [0.3, 0.4) is 0 Å². The van der Waals surface area contributed by atoms with E-state index in [1.54, 1.807) is 40.0 Å². The summed E-state index contributed by atoms with van der Waals surface area (Å²) in [4.78, 5) is 14.4. The molecule has 0 aliphatic rings. The molecule has 1 aromatic heterocycles. The molecule has 0 aliphatic carbocycles. The van der Waals surface area contributed by atoms with Crippen molar-refractivity contribution in [1.82, 2.24) is 9.21 Å². The highest BCUT2D eigenvalue weighted by Gasteiger charge is 2.25. The van der Waals surface area contributed by atoms with Crippen LogP contribution in [0.4, 0.5) is 0 Å². The van der Waals surface area contributed by atoms with E-state index >= 15 is 0 Å². The van der Waals surface area contributed by atoms with Crippen LogP contribution in [0.15, 0.2) is 39.6 Å². The monoisotopic (exact) mass is 378 g/mol. The van der Waals surface area contributed by atoms with Crippen LogP contribution in [0.25, 0.3) is 0 Å². The summed E-state index contributed by atoms with van der Waals surface area (Å²) in [6, 6.07) is 8.46. The molecule has 0 spiro atoms. The lowest BCUT2D eigenvalue weighted by Crippen LogP contribution is -2.31. The molecular weight excluding hydrogens is 352 g/mol. The SMILES string of the molecule is CCN(CC)S(=O)(=O)c1cc(C(=O)N(C)Cc2ccc(C)o2)ccc1C. The molecule has 0 saturated heterocycles. The summed E-state index contributed by atoms with van der Waals surface area (Å²) in [6.45, 7) is 8.26. The third-order valence-corrected chi connectivity index (χ3v) is 6.49. The third kappa shape index (κ3) is 4.16. The molecule has 0 fully saturated rings. The molecule has 6 nitrogen and oxygen atoms in total. The van der Waals surface area contributed by atoms with Gasteiger partial charge in [0, 0.05) is 25.7 Å². The van der Waals surface area contributed by atoms with Gasteiger partial charge < -0.3 is 9.32 Å². The Morgan fingerprint density at radius 1 is 1.08 bits per heavy atom. The fourth-order valence-electron chi connectivity index (χ4n) is 2.81. The van der Waals surface area contributed by atoms with Crippen molar-refractivity contribution in [2.24, 2.45) is 0 Å². The van der Waals surface area contributed by atoms with Crippen molar-refractivity contribution >= 4 is 15.9 Å². The van der Waals surface area contributed by atoms with Gasteiger partial charge in [0.1, 0.15) is 11.5 Å². The summed E-state index contributed by atoms with van der Waals surface area (Å²) in [7, 11) is -1.96. The minimum Gasteiger partial charge on any atom is -0.464 e. The first-order valence-electron chi connectivity index (χ1n) is 8.62. The summed E-state index contributed by atoms with van der Waals surface area (Å²) in [5, 5.41) is 0. The van der Waals surface area contributed by atoms with Gasteiger partial charge >= 0.3 is 0 Å². The molecule has 0 unspecified atom stereocenters. The summed E-state index contributed by atoms with van der Waals surface area (Å²) in [5.74, 6) is 1.21. The fourth-order valence-corrected chi connectivity index (χ4v) is 4.52. The molecule has 2 rings (SSSR count). The molecule has 0 radical (unpaired) electrons. The lowest BCUT2D eigenvalue weighted by molar-refractivity contribution is 0.0774. The Kier molecular flexibility index (Phi) is 6.26. The second-order valence-corrected chi connectivity index (χ2v) is 8.15. The number of aryl methyl sites for hydroxylation is 2. The van der Waals surface area contributed by atoms with E-state index < -0.39 is 10.0 Å². The number of amides is 1. The van der Waals surface area contributed by atoms with Gasteiger partial charge in [0.2, 0.25) is 10.0 Å². The van der Waals surface area contributed by atoms with Gasteiger partial charge in [0.15, 0.2) is 0 Å². The van der Waals surface area contributed by atoms with E-state index in [1.807, 2.05) is 19.1 Å². The Bertz CT molecular complexity index is 883. The van der Waals surface area contributed by atoms with Crippen molar-refractivity contribution in [3.8, 4) is 0 Å². The predicted octanol–water partition coefficient (Wildman–Crippen LogP) is 3.20. The van der Waals surface area contributed by atoms with Crippen molar-refractivity contribution in [1.29, 1.82) is 0 Å². The molecule has 0 atom stereocenters. The van der Waals surface area contributed by atoms with Crippen molar-refractivity contribution in [3.63, 3.8) is 0 Å². The molecule has 1 amide bonds. The highest BCUT2D eigenvalue weighted by molar-refractivity contribution is 7.89. The van der Waals surface area contributed by atoms with Crippen molar-refractivity contribution in [2.75, 3.05) is 20.1 Å². The van der Waals surface area contributed by atoms with Crippen LogP contribution in [-0.4, -0.2) is 43.7 Å². The van der Waals surface area contributed by atoms with E-state index in [0.29, 0.717) is 36.5 Å². The minimum atomic E-state index is -3.63. The Hall–Kier alpha value is -2.12. The first-order chi connectivity index (χ1) is 12.2. The van der Waals surface area contributed by atoms with E-state index in [9.17, 15) is 13.2 Å². The number of hydrogen-bond donors (Lipinski definition) is 0. The van der Waals surface area contributed by atoms with Crippen LogP contribution >= 0.6 is 0 Å². The van der Waals surface area contributed by atoms with Gasteiger partial charge in [0.25, 0.3) is 5.91 Å². The first-order valence-corrected chi connectivity index (χ1v) is 10.1. The normalized spacial score (nSPS) is 11.8. The molecule has 1 heterocycles. The number of carbonyl (C=O) groups is 1. The Morgan fingerprint density at radius 2 is 1.73 bits per heavy atom. The lowest BCUT2D eigenvalue weighted by atomic mass is 10.1. The molecule has 2 aromatic rings. The van der Waals surface area contributed by atoms with Crippen LogP contribution in [0.1, 0.15) is 41.3 Å². The Balaban J connectivity index is 2.32. The van der Waals surface area contributed by atoms with Gasteiger partial charge in [0.05, 0.1) is 11.4 Å². The van der Waals surface area contributed by atoms with Gasteiger partial charge in [-0.15, -0.1) is 0 Å². The number of carbonyl (C=O) groups excluding carboxylic acids is 1. The second-order valence-electron chi connectivity index (χ2n) is 6.24. The van der Waals surface area contributed by atoms with Gasteiger partial charge in [-0.1, -0.05) is 19.9 Å². The van der Waals surface area contributed by atoms with Gasteiger partial charge in [-0.3, -0.25) is 4.79 Å². The molecule has 142 valence electrons. The van der Waals surface area contributed by atoms with Crippen molar-refractivity contribution in [3.05, 3.63) is 53.0 Å². The summed E-state index contributed by atoms with van der Waals surface area (Å²) in [6.07, 6.45) is 0. The standard InChI is InChI=1S/C19H26N2O4S/c1-6-21(7-2)26(23,24)18-12-16(10-8-14(18)3)19(22)20(5)13-17-11-9-15(4)25-17/h8-12H,6-7,13H2,1-5H3. The predicted molar refractivity (Wildman–Crippen MR) is 101 cm³/mol. The van der Waals surface area contributed by atoms with Crippen LogP contribution in [-0.2, 0) is 16.6 Å². The average molecular weight is 378 g/mol. The highest BCUT2D eigenvalue weighted by Crippen LogP contribution is 2.22. The average Bonchev–Trinajstić information content (AvgIpc) is 3.00. The molecule has 0 aliphatic heterocycles. The highest BCUT2D eigenvalue weighted by atomic mass is 32.2. The van der Waals surface area contributed by atoms with Gasteiger partial charge in [-0.25, -0.2) is 8.42 Å². The quantitative estimate of drug-likeness (QED) is 0.742. The van der Waals surface area contributed by atoms with E-state index in [4.69, 9.17) is 4.42 Å². The van der Waals surface area contributed by atoms with Crippen LogP contribution in [0.5, 0.6) is 0 Å². The molecule has 7 heteroatoms. The number of benzene rings is 1. The summed E-state index contributed by atoms with van der Waals surface area (Å²) in [5.41, 5.74) is 0.963. The number of hydrogen-bond acceptors (Lipinski definition) is 4. The lowest BCUT2D eigenvalue weighted by Gasteiger charge is -2.21. The molecule has 0 bridgehead atoms. The largest absolute Gasteiger partial charge is 0.464 e. The first kappa shape index (κ1) is 20.2. The number of sulfonamides is 1. The zero-order valence-corrected chi connectivity index (χ0v) is 16.8. The van der Waals surface area contributed by atoms with Gasteiger partial charge in [-0.2, -0.15) is 4.31 Å². The summed E-state index contributed by atoms with van der Waals surface area (Å²) >= 11 is 0. The number of nitrogens with zero attached hydrogens (tertiary/aromatic N) is 2. The maximum absolute atomic E-state index is 12.8. The van der Waals surface area contributed by atoms with E-state index in [1.165, 1.54) is 15.3 Å². The van der Waals surface area contributed by atoms with E-state index in [2.05, 4.69) is 0 Å². The summed E-state index contributed by atoms with van der Waals surface area (Å²) < 4.78 is 32.6. The number of furan rings is 1. The Morgan fingerprint density at radius 3 is 2.27 bits per heavy atom. The molecule has 0 saturated carbocycles. The maximum atomic E-state index is 12.8. The van der Waals surface area contributed by atoms with Crippen molar-refractivity contribution in [2.45, 2.75) is 39.1 Å². The molecule has 1 aromatic carbocycles. The number of rotatable bonds is 7. The van der Waals surface area contributed by atoms with Crippen molar-refractivity contribution < 1.29 is 17.6 Å². The van der Waals surface area contributed by atoms with Crippen LogP contribution in [0.2, 0.25) is 0 Å². The topological polar surface area (TPSA) is 70.8 Å². The molecular formula is C19H26N2O4S. The van der Waals surface area contributed by atoms with Crippen LogP contribution < -0.4 is 0 Å². The zero-order valence-electron chi connectivity index (χ0n) is 15.9. The molecule has 26 heavy (non-hydrogen) atoms. The molecule has 0 N–H and O–H groups in total. The maximum Gasteiger partial charge on any atom is 0.254 e. The minimum absolute atomic E-state index is 0.175. The second kappa shape index (κ2) is 8.05.